The number of nitrogens with zero attached hydrogens (tertiary/aromatic N) is 1. The van der Waals surface area contributed by atoms with Gasteiger partial charge in [0, 0.05) is 11.9 Å². The van der Waals surface area contributed by atoms with Crippen LogP contribution >= 0.6 is 0 Å². The van der Waals surface area contributed by atoms with Gasteiger partial charge >= 0.3 is 0 Å². The van der Waals surface area contributed by atoms with Crippen LogP contribution in [0.4, 0.5) is 4.39 Å². The number of carbonyl (C=O) groups is 1. The van der Waals surface area contributed by atoms with Gasteiger partial charge in [-0.25, -0.2) is 4.39 Å². The van der Waals surface area contributed by atoms with Gasteiger partial charge in [-0.15, -0.1) is 0 Å². The van der Waals surface area contributed by atoms with E-state index < -0.39 is 11.8 Å². The topological polar surface area (TPSA) is 40.5 Å². The number of carbonyl (C=O) groups excluding carboxylic acids is 1. The molecule has 0 fully saturated rings. The van der Waals surface area contributed by atoms with E-state index in [0.717, 1.165) is 46.4 Å². The molecule has 5 heteroatoms. The average molecular weight is 464 g/mol. The number of hydrogen-bond donors (Lipinski definition) is 0. The number of halogens is 1. The second kappa shape index (κ2) is 10.7. The first-order valence-corrected chi connectivity index (χ1v) is 11.7. The molecule has 0 N–H and O–H groups in total. The van der Waals surface area contributed by atoms with Gasteiger partial charge in [-0.1, -0.05) is 37.3 Å². The van der Waals surface area contributed by atoms with Crippen molar-refractivity contribution in [1.29, 1.82) is 0 Å². The van der Waals surface area contributed by atoms with Crippen LogP contribution in [0, 0.1) is 6.92 Å². The Morgan fingerprint density at radius 2 is 1.97 bits per heavy atom. The van der Waals surface area contributed by atoms with E-state index in [1.807, 2.05) is 68.5 Å². The third-order valence-electron chi connectivity index (χ3n) is 5.62. The Kier molecular flexibility index (Phi) is 7.98. The van der Waals surface area contributed by atoms with Crippen molar-refractivity contribution in [2.75, 3.05) is 0 Å². The van der Waals surface area contributed by atoms with Gasteiger partial charge in [0.05, 0.1) is 11.2 Å². The summed E-state index contributed by atoms with van der Waals surface area (Å²) in [5, 5.41) is 0.934. The first kappa shape index (κ1) is 25.3. The molecule has 4 nitrogen and oxygen atoms in total. The first-order chi connectivity index (χ1) is 16.1. The van der Waals surface area contributed by atoms with Crippen molar-refractivity contribution >= 4 is 17.2 Å². The minimum Gasteiger partial charge on any atom is -0.480 e. The van der Waals surface area contributed by atoms with Gasteiger partial charge in [0.15, 0.2) is 17.6 Å². The molecule has 0 saturated carbocycles. The van der Waals surface area contributed by atoms with Crippen LogP contribution in [0.1, 0.15) is 64.0 Å². The zero-order chi connectivity index (χ0) is 24.9. The maximum Gasteiger partial charge on any atom is 0.162 e. The van der Waals surface area contributed by atoms with Crippen molar-refractivity contribution in [1.82, 2.24) is 4.57 Å². The van der Waals surface area contributed by atoms with Gasteiger partial charge in [0.2, 0.25) is 0 Å². The van der Waals surface area contributed by atoms with Crippen molar-refractivity contribution in [3.8, 4) is 11.5 Å². The zero-order valence-corrected chi connectivity index (χ0v) is 20.9. The molecule has 0 saturated heterocycles. The Labute approximate surface area is 201 Å². The molecule has 0 spiro atoms. The van der Waals surface area contributed by atoms with E-state index in [9.17, 15) is 9.18 Å². The quantitative estimate of drug-likeness (QED) is 0.176. The standard InChI is InChI=1S/C29H34FNO3/c1-7-8-9-11-20(2)33-28-22(4)31(27-17-24(21(3)30)14-15-26(27)28)18-23-12-10-13-25(16-23)34-29(5,6)19-32/h8-17,19,21H,7,18H2,1-6H3/b9-8-,20-11+. The van der Waals surface area contributed by atoms with Crippen LogP contribution < -0.4 is 9.47 Å². The molecule has 3 rings (SSSR count). The Bertz CT molecular complexity index is 1220. The van der Waals surface area contributed by atoms with E-state index in [0.29, 0.717) is 17.9 Å². The van der Waals surface area contributed by atoms with E-state index in [2.05, 4.69) is 17.6 Å². The monoisotopic (exact) mass is 463 g/mol. The molecule has 1 atom stereocenters. The summed E-state index contributed by atoms with van der Waals surface area (Å²) in [6.07, 6.45) is 6.68. The van der Waals surface area contributed by atoms with Crippen molar-refractivity contribution in [2.45, 2.75) is 66.3 Å². The van der Waals surface area contributed by atoms with Crippen molar-refractivity contribution in [3.05, 3.63) is 83.3 Å². The number of rotatable bonds is 10. The molecule has 34 heavy (non-hydrogen) atoms. The van der Waals surface area contributed by atoms with E-state index in [4.69, 9.17) is 9.47 Å². The van der Waals surface area contributed by atoms with Gasteiger partial charge in [0.1, 0.15) is 17.7 Å². The number of alkyl halides is 1. The fourth-order valence-electron chi connectivity index (χ4n) is 3.79. The van der Waals surface area contributed by atoms with Gasteiger partial charge in [0.25, 0.3) is 0 Å². The number of aldehydes is 1. The van der Waals surface area contributed by atoms with Crippen molar-refractivity contribution in [3.63, 3.8) is 0 Å². The third-order valence-corrected chi connectivity index (χ3v) is 5.62. The molecule has 1 aromatic heterocycles. The lowest BCUT2D eigenvalue weighted by molar-refractivity contribution is -0.119. The lowest BCUT2D eigenvalue weighted by Crippen LogP contribution is -2.29. The third kappa shape index (κ3) is 5.96. The highest BCUT2D eigenvalue weighted by atomic mass is 19.1. The highest BCUT2D eigenvalue weighted by Gasteiger charge is 2.20. The highest BCUT2D eigenvalue weighted by molar-refractivity contribution is 5.89. The molecule has 3 aromatic rings. The molecule has 0 aliphatic rings. The van der Waals surface area contributed by atoms with Crippen LogP contribution in [0.2, 0.25) is 0 Å². The Morgan fingerprint density at radius 1 is 1.21 bits per heavy atom. The molecule has 180 valence electrons. The zero-order valence-electron chi connectivity index (χ0n) is 20.9. The highest BCUT2D eigenvalue weighted by Crippen LogP contribution is 2.36. The van der Waals surface area contributed by atoms with Crippen LogP contribution in [0.3, 0.4) is 0 Å². The van der Waals surface area contributed by atoms with Gasteiger partial charge in [-0.3, -0.25) is 4.79 Å². The number of allylic oxidation sites excluding steroid dienone is 4. The van der Waals surface area contributed by atoms with E-state index >= 15 is 0 Å². The summed E-state index contributed by atoms with van der Waals surface area (Å²) in [6.45, 7) is 11.6. The second-order valence-electron chi connectivity index (χ2n) is 9.08. The average Bonchev–Trinajstić information content (AvgIpc) is 3.04. The molecular weight excluding hydrogens is 429 g/mol. The molecule has 1 unspecified atom stereocenters. The van der Waals surface area contributed by atoms with Crippen molar-refractivity contribution in [2.24, 2.45) is 0 Å². The van der Waals surface area contributed by atoms with Crippen LogP contribution in [0.25, 0.3) is 10.9 Å². The lowest BCUT2D eigenvalue weighted by atomic mass is 10.1. The SMILES string of the molecule is CC/C=C\C=C(/C)Oc1c(C)n(Cc2cccc(OC(C)(C)C=O)c2)c2cc(C(C)F)ccc12. The summed E-state index contributed by atoms with van der Waals surface area (Å²) in [6, 6.07) is 13.3. The minimum atomic E-state index is -1.07. The molecule has 1 heterocycles. The van der Waals surface area contributed by atoms with E-state index in [1.54, 1.807) is 20.8 Å². The summed E-state index contributed by atoms with van der Waals surface area (Å²) < 4.78 is 28.4. The van der Waals surface area contributed by atoms with Crippen LogP contribution in [-0.2, 0) is 11.3 Å². The molecule has 0 bridgehead atoms. The largest absolute Gasteiger partial charge is 0.480 e. The van der Waals surface area contributed by atoms with Crippen LogP contribution in [0.15, 0.2) is 66.5 Å². The van der Waals surface area contributed by atoms with Crippen molar-refractivity contribution < 1.29 is 18.7 Å². The normalized spacial score (nSPS) is 13.4. The maximum atomic E-state index is 14.2. The summed E-state index contributed by atoms with van der Waals surface area (Å²) in [4.78, 5) is 11.3. The molecular formula is C29H34FNO3. The van der Waals surface area contributed by atoms with E-state index in [1.165, 1.54) is 0 Å². The summed E-state index contributed by atoms with van der Waals surface area (Å²) in [7, 11) is 0. The van der Waals surface area contributed by atoms with Gasteiger partial charge in [-0.05, 0) is 82.5 Å². The number of aromatic nitrogens is 1. The van der Waals surface area contributed by atoms with E-state index in [-0.39, 0.29) is 0 Å². The summed E-state index contributed by atoms with van der Waals surface area (Å²) >= 11 is 0. The molecule has 0 aliphatic carbocycles. The predicted octanol–water partition coefficient (Wildman–Crippen LogP) is 7.63. The fraction of sp³-hybridized carbons (Fsp3) is 0.345. The van der Waals surface area contributed by atoms with Gasteiger partial charge in [-0.2, -0.15) is 0 Å². The lowest BCUT2D eigenvalue weighted by Gasteiger charge is -2.20. The van der Waals surface area contributed by atoms with Crippen LogP contribution in [0.5, 0.6) is 11.5 Å². The number of ether oxygens (including phenoxy) is 2. The Balaban J connectivity index is 2.05. The Morgan fingerprint density at radius 3 is 2.65 bits per heavy atom. The molecule has 2 aromatic carbocycles. The first-order valence-electron chi connectivity index (χ1n) is 11.7. The maximum absolute atomic E-state index is 14.2. The van der Waals surface area contributed by atoms with Crippen LogP contribution in [-0.4, -0.2) is 16.5 Å². The smallest absolute Gasteiger partial charge is 0.162 e. The molecule has 0 aliphatic heterocycles. The predicted molar refractivity (Wildman–Crippen MR) is 136 cm³/mol. The Hall–Kier alpha value is -3.34. The number of hydrogen-bond acceptors (Lipinski definition) is 3. The molecule has 0 radical (unpaired) electrons. The second-order valence-corrected chi connectivity index (χ2v) is 9.08. The minimum absolute atomic E-state index is 0.549. The summed E-state index contributed by atoms with van der Waals surface area (Å²) in [5.41, 5.74) is 2.58. The fourth-order valence-corrected chi connectivity index (χ4v) is 3.79. The molecule has 0 amide bonds. The number of fused-ring (bicyclic) bond motifs is 1. The summed E-state index contributed by atoms with van der Waals surface area (Å²) in [5.74, 6) is 2.17. The number of benzene rings is 2. The van der Waals surface area contributed by atoms with Gasteiger partial charge < -0.3 is 14.0 Å².